The summed E-state index contributed by atoms with van der Waals surface area (Å²) in [7, 11) is 0. The summed E-state index contributed by atoms with van der Waals surface area (Å²) in [6, 6.07) is 14.8. The molecular weight excluding hydrogens is 274 g/mol. The molecule has 0 fully saturated rings. The maximum Gasteiger partial charge on any atom is 0.126 e. The van der Waals surface area contributed by atoms with Crippen LogP contribution in [0.3, 0.4) is 0 Å². The van der Waals surface area contributed by atoms with Crippen molar-refractivity contribution in [3.05, 3.63) is 53.6 Å². The van der Waals surface area contributed by atoms with Gasteiger partial charge in [-0.05, 0) is 38.1 Å². The first-order valence-electron chi connectivity index (χ1n) is 7.30. The predicted molar refractivity (Wildman–Crippen MR) is 90.1 cm³/mol. The summed E-state index contributed by atoms with van der Waals surface area (Å²) in [5.74, 6) is 0.183. The molecule has 0 spiro atoms. The maximum atomic E-state index is 10.2. The smallest absolute Gasteiger partial charge is 0.126 e. The van der Waals surface area contributed by atoms with Gasteiger partial charge in [-0.3, -0.25) is 4.99 Å². The van der Waals surface area contributed by atoms with Crippen LogP contribution in [0.1, 0.15) is 25.0 Å². The Balaban J connectivity index is 2.27. The van der Waals surface area contributed by atoms with E-state index >= 15 is 0 Å². The average Bonchev–Trinajstić information content (AvgIpc) is 2.55. The number of rotatable bonds is 5. The van der Waals surface area contributed by atoms with Crippen LogP contribution in [0.25, 0.3) is 0 Å². The molecule has 4 nitrogen and oxygen atoms in total. The first-order valence-corrected chi connectivity index (χ1v) is 7.30. The van der Waals surface area contributed by atoms with E-state index in [0.717, 1.165) is 18.8 Å². The highest BCUT2D eigenvalue weighted by Gasteiger charge is 2.06. The van der Waals surface area contributed by atoms with Crippen molar-refractivity contribution in [3.8, 4) is 11.8 Å². The van der Waals surface area contributed by atoms with Crippen LogP contribution in [0, 0.1) is 11.3 Å². The number of para-hydroxylation sites is 1. The number of hydrogen-bond acceptors (Lipinski definition) is 4. The van der Waals surface area contributed by atoms with Gasteiger partial charge in [0.25, 0.3) is 0 Å². The molecule has 0 aromatic heterocycles. The van der Waals surface area contributed by atoms with E-state index in [0.29, 0.717) is 16.8 Å². The van der Waals surface area contributed by atoms with Gasteiger partial charge in [-0.15, -0.1) is 0 Å². The van der Waals surface area contributed by atoms with Crippen LogP contribution in [0.15, 0.2) is 47.5 Å². The predicted octanol–water partition coefficient (Wildman–Crippen LogP) is 3.86. The molecule has 0 aliphatic carbocycles. The molecule has 2 rings (SSSR count). The fourth-order valence-corrected chi connectivity index (χ4v) is 2.25. The number of aromatic hydroxyl groups is 1. The average molecular weight is 293 g/mol. The molecule has 0 saturated heterocycles. The summed E-state index contributed by atoms with van der Waals surface area (Å²) >= 11 is 0. The summed E-state index contributed by atoms with van der Waals surface area (Å²) in [6.07, 6.45) is 1.58. The third kappa shape index (κ3) is 3.44. The normalized spacial score (nSPS) is 10.6. The van der Waals surface area contributed by atoms with Crippen molar-refractivity contribution in [1.82, 2.24) is 0 Å². The van der Waals surface area contributed by atoms with Gasteiger partial charge in [0.05, 0.1) is 11.3 Å². The van der Waals surface area contributed by atoms with Gasteiger partial charge in [0.2, 0.25) is 0 Å². The SMILES string of the molecule is CCN(CC)c1ccc(C=Nc2ccccc2C#N)c(O)c1. The Bertz CT molecular complexity index is 713. The molecule has 0 heterocycles. The zero-order valence-corrected chi connectivity index (χ0v) is 12.8. The molecule has 1 N–H and O–H groups in total. The molecule has 0 aliphatic heterocycles. The van der Waals surface area contributed by atoms with Gasteiger partial charge >= 0.3 is 0 Å². The summed E-state index contributed by atoms with van der Waals surface area (Å²) in [6.45, 7) is 5.93. The first kappa shape index (κ1) is 15.6. The van der Waals surface area contributed by atoms with Crippen molar-refractivity contribution in [2.75, 3.05) is 18.0 Å². The van der Waals surface area contributed by atoms with Gasteiger partial charge in [-0.1, -0.05) is 12.1 Å². The number of phenols is 1. The van der Waals surface area contributed by atoms with Gasteiger partial charge in [0.15, 0.2) is 0 Å². The third-order valence-electron chi connectivity index (χ3n) is 3.51. The molecule has 2 aromatic carbocycles. The Hall–Kier alpha value is -2.80. The highest BCUT2D eigenvalue weighted by atomic mass is 16.3. The van der Waals surface area contributed by atoms with Gasteiger partial charge in [-0.25, -0.2) is 0 Å². The van der Waals surface area contributed by atoms with Crippen molar-refractivity contribution in [3.63, 3.8) is 0 Å². The lowest BCUT2D eigenvalue weighted by atomic mass is 10.1. The summed E-state index contributed by atoms with van der Waals surface area (Å²) < 4.78 is 0. The molecule has 2 aromatic rings. The lowest BCUT2D eigenvalue weighted by Crippen LogP contribution is -2.21. The van der Waals surface area contributed by atoms with Gasteiger partial charge < -0.3 is 10.0 Å². The van der Waals surface area contributed by atoms with E-state index in [2.05, 4.69) is 29.8 Å². The van der Waals surface area contributed by atoms with E-state index in [1.54, 1.807) is 30.5 Å². The largest absolute Gasteiger partial charge is 0.507 e. The number of nitriles is 1. The van der Waals surface area contributed by atoms with E-state index in [9.17, 15) is 5.11 Å². The second-order valence-electron chi connectivity index (χ2n) is 4.80. The zero-order valence-electron chi connectivity index (χ0n) is 12.8. The van der Waals surface area contributed by atoms with Crippen LogP contribution in [0.2, 0.25) is 0 Å². The van der Waals surface area contributed by atoms with Gasteiger partial charge in [0, 0.05) is 36.6 Å². The fraction of sp³-hybridized carbons (Fsp3) is 0.222. The van der Waals surface area contributed by atoms with Gasteiger partial charge in [0.1, 0.15) is 11.8 Å². The van der Waals surface area contributed by atoms with Crippen molar-refractivity contribution < 1.29 is 5.11 Å². The summed E-state index contributed by atoms with van der Waals surface area (Å²) in [5, 5.41) is 19.2. The van der Waals surface area contributed by atoms with Crippen LogP contribution in [0.5, 0.6) is 5.75 Å². The Labute approximate surface area is 131 Å². The molecule has 4 heteroatoms. The molecule has 0 unspecified atom stereocenters. The summed E-state index contributed by atoms with van der Waals surface area (Å²) in [5.41, 5.74) is 2.72. The number of benzene rings is 2. The van der Waals surface area contributed by atoms with E-state index in [1.807, 2.05) is 18.2 Å². The molecule has 0 atom stereocenters. The molecule has 22 heavy (non-hydrogen) atoms. The van der Waals surface area contributed by atoms with Crippen molar-refractivity contribution in [2.24, 2.45) is 4.99 Å². The van der Waals surface area contributed by atoms with Gasteiger partial charge in [-0.2, -0.15) is 5.26 Å². The molecular formula is C18H19N3O. The minimum Gasteiger partial charge on any atom is -0.507 e. The molecule has 0 amide bonds. The maximum absolute atomic E-state index is 10.2. The molecule has 112 valence electrons. The van der Waals surface area contributed by atoms with Crippen LogP contribution in [-0.2, 0) is 0 Å². The Morgan fingerprint density at radius 1 is 1.18 bits per heavy atom. The van der Waals surface area contributed by atoms with Crippen molar-refractivity contribution >= 4 is 17.6 Å². The molecule has 0 radical (unpaired) electrons. The number of nitrogens with zero attached hydrogens (tertiary/aromatic N) is 3. The highest BCUT2D eigenvalue weighted by molar-refractivity contribution is 5.86. The number of phenolic OH excluding ortho intramolecular Hbond substituents is 1. The molecule has 0 saturated carbocycles. The third-order valence-corrected chi connectivity index (χ3v) is 3.51. The topological polar surface area (TPSA) is 59.6 Å². The van der Waals surface area contributed by atoms with E-state index in [4.69, 9.17) is 5.26 Å². The quantitative estimate of drug-likeness (QED) is 0.851. The highest BCUT2D eigenvalue weighted by Crippen LogP contribution is 2.25. The first-order chi connectivity index (χ1) is 10.7. The monoisotopic (exact) mass is 293 g/mol. The van der Waals surface area contributed by atoms with E-state index < -0.39 is 0 Å². The van der Waals surface area contributed by atoms with Crippen LogP contribution < -0.4 is 4.90 Å². The second-order valence-corrected chi connectivity index (χ2v) is 4.80. The van der Waals surface area contributed by atoms with Crippen molar-refractivity contribution in [1.29, 1.82) is 5.26 Å². The van der Waals surface area contributed by atoms with Crippen LogP contribution in [-0.4, -0.2) is 24.4 Å². The van der Waals surface area contributed by atoms with Crippen molar-refractivity contribution in [2.45, 2.75) is 13.8 Å². The number of anilines is 1. The molecule has 0 aliphatic rings. The number of aliphatic imine (C=N–C) groups is 1. The Morgan fingerprint density at radius 2 is 1.91 bits per heavy atom. The number of hydrogen-bond donors (Lipinski definition) is 1. The lowest BCUT2D eigenvalue weighted by Gasteiger charge is -2.21. The van der Waals surface area contributed by atoms with E-state index in [-0.39, 0.29) is 5.75 Å². The minimum atomic E-state index is 0.183. The Morgan fingerprint density at radius 3 is 2.55 bits per heavy atom. The van der Waals surface area contributed by atoms with Crippen LogP contribution in [0.4, 0.5) is 11.4 Å². The summed E-state index contributed by atoms with van der Waals surface area (Å²) in [4.78, 5) is 6.46. The zero-order chi connectivity index (χ0) is 15.9. The molecule has 0 bridgehead atoms. The fourth-order valence-electron chi connectivity index (χ4n) is 2.25. The lowest BCUT2D eigenvalue weighted by molar-refractivity contribution is 0.474. The van der Waals surface area contributed by atoms with E-state index in [1.165, 1.54) is 0 Å². The second kappa shape index (κ2) is 7.28. The van der Waals surface area contributed by atoms with Crippen LogP contribution >= 0.6 is 0 Å². The minimum absolute atomic E-state index is 0.183. The standard InChI is InChI=1S/C18H19N3O/c1-3-21(4-2)16-10-9-15(18(22)11-16)13-20-17-8-6-5-7-14(17)12-19/h5-11,13,22H,3-4H2,1-2H3. The Kier molecular flexibility index (Phi) is 5.16.